The van der Waals surface area contributed by atoms with Gasteiger partial charge < -0.3 is 9.72 Å². The van der Waals surface area contributed by atoms with Gasteiger partial charge in [-0.3, -0.25) is 14.0 Å². The number of H-pyrrole nitrogens is 1. The summed E-state index contributed by atoms with van der Waals surface area (Å²) in [6, 6.07) is 15.5. The summed E-state index contributed by atoms with van der Waals surface area (Å²) in [6.07, 6.45) is 2.46. The van der Waals surface area contributed by atoms with Gasteiger partial charge in [-0.1, -0.05) is 36.4 Å². The standard InChI is InChI=1S/C20H17N3O3/c1-26-18(24)10-8-13-7-9-15-16(11-13)23-17(20(25)22-15)12-21-19(23)14-5-3-2-4-6-14/h2-7,9,11-12H,8,10H2,1H3,(H,22,25). The fourth-order valence-corrected chi connectivity index (χ4v) is 3.10. The Bertz CT molecular complexity index is 1160. The van der Waals surface area contributed by atoms with E-state index in [0.717, 1.165) is 22.2 Å². The number of methoxy groups -OCH3 is 1. The number of nitrogens with one attached hydrogen (secondary N) is 1. The summed E-state index contributed by atoms with van der Waals surface area (Å²) in [7, 11) is 1.38. The van der Waals surface area contributed by atoms with E-state index in [1.165, 1.54) is 7.11 Å². The molecule has 0 radical (unpaired) electrons. The van der Waals surface area contributed by atoms with Crippen LogP contribution in [0.2, 0.25) is 0 Å². The van der Waals surface area contributed by atoms with E-state index in [4.69, 9.17) is 4.74 Å². The van der Waals surface area contributed by atoms with Crippen LogP contribution in [0.1, 0.15) is 12.0 Å². The predicted octanol–water partition coefficient (Wildman–Crippen LogP) is 2.95. The molecule has 26 heavy (non-hydrogen) atoms. The van der Waals surface area contributed by atoms with Crippen LogP contribution in [0.5, 0.6) is 0 Å². The highest BCUT2D eigenvalue weighted by Gasteiger charge is 2.13. The summed E-state index contributed by atoms with van der Waals surface area (Å²) in [5, 5.41) is 0. The van der Waals surface area contributed by atoms with Gasteiger partial charge >= 0.3 is 5.97 Å². The Labute approximate surface area is 149 Å². The lowest BCUT2D eigenvalue weighted by Crippen LogP contribution is -2.10. The Morgan fingerprint density at radius 1 is 1.15 bits per heavy atom. The first-order valence-electron chi connectivity index (χ1n) is 8.32. The van der Waals surface area contributed by atoms with Gasteiger partial charge in [0.2, 0.25) is 0 Å². The molecule has 0 saturated carbocycles. The number of ether oxygens (including phenoxy) is 1. The number of aryl methyl sites for hydroxylation is 1. The normalized spacial score (nSPS) is 11.1. The zero-order chi connectivity index (χ0) is 18.1. The van der Waals surface area contributed by atoms with E-state index in [0.29, 0.717) is 24.2 Å². The third-order valence-corrected chi connectivity index (χ3v) is 4.42. The molecule has 0 amide bonds. The number of hydrogen-bond donors (Lipinski definition) is 1. The summed E-state index contributed by atoms with van der Waals surface area (Å²) < 4.78 is 6.57. The number of benzene rings is 2. The molecule has 0 fully saturated rings. The Morgan fingerprint density at radius 2 is 1.96 bits per heavy atom. The van der Waals surface area contributed by atoms with Gasteiger partial charge in [0.25, 0.3) is 5.56 Å². The molecular weight excluding hydrogens is 330 g/mol. The number of nitrogens with zero attached hydrogens (tertiary/aromatic N) is 2. The van der Waals surface area contributed by atoms with Crippen LogP contribution in [-0.4, -0.2) is 27.4 Å². The van der Waals surface area contributed by atoms with Gasteiger partial charge in [-0.2, -0.15) is 0 Å². The number of aromatic amines is 1. The molecule has 1 N–H and O–H groups in total. The third kappa shape index (κ3) is 2.75. The molecular formula is C20H17N3O3. The second-order valence-corrected chi connectivity index (χ2v) is 6.05. The molecule has 4 rings (SSSR count). The number of esters is 1. The van der Waals surface area contributed by atoms with Crippen molar-refractivity contribution in [3.63, 3.8) is 0 Å². The molecule has 0 saturated heterocycles. The highest BCUT2D eigenvalue weighted by Crippen LogP contribution is 2.23. The van der Waals surface area contributed by atoms with Crippen molar-refractivity contribution in [3.05, 3.63) is 70.6 Å². The van der Waals surface area contributed by atoms with Crippen molar-refractivity contribution >= 4 is 22.5 Å². The highest BCUT2D eigenvalue weighted by molar-refractivity contribution is 5.82. The van der Waals surface area contributed by atoms with Gasteiger partial charge in [0.1, 0.15) is 11.3 Å². The summed E-state index contributed by atoms with van der Waals surface area (Å²) in [6.45, 7) is 0. The minimum atomic E-state index is -0.246. The van der Waals surface area contributed by atoms with Crippen LogP contribution in [0.25, 0.3) is 27.9 Å². The van der Waals surface area contributed by atoms with Crippen LogP contribution in [0, 0.1) is 0 Å². The van der Waals surface area contributed by atoms with Crippen molar-refractivity contribution < 1.29 is 9.53 Å². The minimum absolute atomic E-state index is 0.186. The number of rotatable bonds is 4. The van der Waals surface area contributed by atoms with E-state index < -0.39 is 0 Å². The number of fused-ring (bicyclic) bond motifs is 3. The van der Waals surface area contributed by atoms with Gasteiger partial charge in [-0.15, -0.1) is 0 Å². The maximum atomic E-state index is 12.4. The van der Waals surface area contributed by atoms with Crippen LogP contribution >= 0.6 is 0 Å². The van der Waals surface area contributed by atoms with Crippen molar-refractivity contribution in [2.24, 2.45) is 0 Å². The molecule has 0 aliphatic rings. The van der Waals surface area contributed by atoms with E-state index >= 15 is 0 Å². The van der Waals surface area contributed by atoms with Crippen molar-refractivity contribution in [2.75, 3.05) is 7.11 Å². The smallest absolute Gasteiger partial charge is 0.305 e. The van der Waals surface area contributed by atoms with Crippen molar-refractivity contribution in [2.45, 2.75) is 12.8 Å². The van der Waals surface area contributed by atoms with E-state index in [1.807, 2.05) is 52.9 Å². The van der Waals surface area contributed by atoms with Gasteiger partial charge in [0.15, 0.2) is 0 Å². The van der Waals surface area contributed by atoms with Crippen LogP contribution in [0.15, 0.2) is 59.5 Å². The lowest BCUT2D eigenvalue weighted by atomic mass is 10.1. The van der Waals surface area contributed by atoms with Gasteiger partial charge in [0.05, 0.1) is 24.3 Å². The average molecular weight is 347 g/mol. The molecule has 0 spiro atoms. The molecule has 0 atom stereocenters. The number of aromatic nitrogens is 3. The van der Waals surface area contributed by atoms with Crippen LogP contribution in [-0.2, 0) is 16.0 Å². The summed E-state index contributed by atoms with van der Waals surface area (Å²) >= 11 is 0. The number of carbonyl (C=O) groups is 1. The zero-order valence-electron chi connectivity index (χ0n) is 14.2. The third-order valence-electron chi connectivity index (χ3n) is 4.42. The first kappa shape index (κ1) is 16.1. The van der Waals surface area contributed by atoms with Crippen LogP contribution in [0.3, 0.4) is 0 Å². The largest absolute Gasteiger partial charge is 0.469 e. The second-order valence-electron chi connectivity index (χ2n) is 6.05. The maximum absolute atomic E-state index is 12.4. The monoisotopic (exact) mass is 347 g/mol. The summed E-state index contributed by atoms with van der Waals surface area (Å²) in [4.78, 5) is 31.2. The van der Waals surface area contributed by atoms with Gasteiger partial charge in [-0.25, -0.2) is 4.98 Å². The number of hydrogen-bond acceptors (Lipinski definition) is 4. The van der Waals surface area contributed by atoms with E-state index in [-0.39, 0.29) is 11.5 Å². The van der Waals surface area contributed by atoms with Crippen LogP contribution < -0.4 is 5.56 Å². The summed E-state index contributed by atoms with van der Waals surface area (Å²) in [5.74, 6) is 0.464. The lowest BCUT2D eigenvalue weighted by molar-refractivity contribution is -0.140. The molecule has 2 aromatic carbocycles. The Balaban J connectivity index is 1.92. The molecule has 2 heterocycles. The molecule has 4 aromatic rings. The van der Waals surface area contributed by atoms with Crippen LogP contribution in [0.4, 0.5) is 0 Å². The zero-order valence-corrected chi connectivity index (χ0v) is 14.2. The molecule has 0 bridgehead atoms. The van der Waals surface area contributed by atoms with Gasteiger partial charge in [-0.05, 0) is 24.1 Å². The molecule has 0 aliphatic heterocycles. The van der Waals surface area contributed by atoms with E-state index in [2.05, 4.69) is 9.97 Å². The molecule has 6 nitrogen and oxygen atoms in total. The molecule has 6 heteroatoms. The minimum Gasteiger partial charge on any atom is -0.469 e. The Kier molecular flexibility index (Phi) is 4.01. The fraction of sp³-hybridized carbons (Fsp3) is 0.150. The van der Waals surface area contributed by atoms with Gasteiger partial charge in [0, 0.05) is 12.0 Å². The van der Waals surface area contributed by atoms with Crippen molar-refractivity contribution in [1.82, 2.24) is 14.4 Å². The number of carbonyl (C=O) groups excluding carboxylic acids is 1. The van der Waals surface area contributed by atoms with Crippen molar-refractivity contribution in [1.29, 1.82) is 0 Å². The average Bonchev–Trinajstić information content (AvgIpc) is 3.13. The molecule has 130 valence electrons. The van der Waals surface area contributed by atoms with E-state index in [9.17, 15) is 9.59 Å². The Hall–Kier alpha value is -3.41. The summed E-state index contributed by atoms with van der Waals surface area (Å²) in [5.41, 5.74) is 3.79. The first-order valence-corrected chi connectivity index (χ1v) is 8.32. The highest BCUT2D eigenvalue weighted by atomic mass is 16.5. The second kappa shape index (κ2) is 6.48. The maximum Gasteiger partial charge on any atom is 0.305 e. The predicted molar refractivity (Wildman–Crippen MR) is 99.1 cm³/mol. The molecule has 2 aromatic heterocycles. The molecule has 0 unspecified atom stereocenters. The quantitative estimate of drug-likeness (QED) is 0.576. The first-order chi connectivity index (χ1) is 12.7. The topological polar surface area (TPSA) is 76.5 Å². The number of imidazole rings is 1. The van der Waals surface area contributed by atoms with E-state index in [1.54, 1.807) is 6.20 Å². The fourth-order valence-electron chi connectivity index (χ4n) is 3.10. The van der Waals surface area contributed by atoms with Crippen molar-refractivity contribution in [3.8, 4) is 11.4 Å². The lowest BCUT2D eigenvalue weighted by Gasteiger charge is -2.08. The SMILES string of the molecule is COC(=O)CCc1ccc2[nH]c(=O)c3cnc(-c4ccccc4)n3c2c1. The Morgan fingerprint density at radius 3 is 2.73 bits per heavy atom. The molecule has 0 aliphatic carbocycles.